The van der Waals surface area contributed by atoms with Crippen LogP contribution in [0.2, 0.25) is 0 Å². The van der Waals surface area contributed by atoms with Crippen LogP contribution in [-0.2, 0) is 4.79 Å². The summed E-state index contributed by atoms with van der Waals surface area (Å²) in [5.41, 5.74) is 0. The molecule has 0 bridgehead atoms. The van der Waals surface area contributed by atoms with E-state index in [-0.39, 0.29) is 23.9 Å². The van der Waals surface area contributed by atoms with Gasteiger partial charge in [0.1, 0.15) is 0 Å². The summed E-state index contributed by atoms with van der Waals surface area (Å²) in [5.74, 6) is 3.85. The lowest BCUT2D eigenvalue weighted by Gasteiger charge is -2.20. The van der Waals surface area contributed by atoms with Gasteiger partial charge in [-0.1, -0.05) is 38.3 Å². The smallest absolute Gasteiger partial charge is 0.313 e. The molecule has 3 fully saturated rings. The summed E-state index contributed by atoms with van der Waals surface area (Å²) in [6, 6.07) is 0. The van der Waals surface area contributed by atoms with Gasteiger partial charge in [0.25, 0.3) is 0 Å². The molecule has 0 aliphatic heterocycles. The Bertz CT molecular complexity index is 537. The van der Waals surface area contributed by atoms with E-state index in [9.17, 15) is 15.0 Å². The summed E-state index contributed by atoms with van der Waals surface area (Å²) >= 11 is 1.51. The third kappa shape index (κ3) is 5.99. The highest BCUT2D eigenvalue weighted by Gasteiger charge is 2.46. The first kappa shape index (κ1) is 22.2. The van der Waals surface area contributed by atoms with Gasteiger partial charge in [0, 0.05) is 5.92 Å². The van der Waals surface area contributed by atoms with E-state index in [0.717, 1.165) is 37.4 Å². The molecule has 28 heavy (non-hydrogen) atoms. The summed E-state index contributed by atoms with van der Waals surface area (Å²) < 4.78 is 0. The summed E-state index contributed by atoms with van der Waals surface area (Å²) in [6.07, 6.45) is 13.7. The number of aliphatic hydroxyl groups excluding tert-OH is 2. The molecule has 4 nitrogen and oxygen atoms in total. The van der Waals surface area contributed by atoms with Crippen LogP contribution in [0.3, 0.4) is 0 Å². The molecule has 3 saturated carbocycles. The Labute approximate surface area is 174 Å². The number of carboxylic acids is 1. The Hall–Kier alpha value is -0.520. The summed E-state index contributed by atoms with van der Waals surface area (Å²) in [4.78, 5) is 10.6. The van der Waals surface area contributed by atoms with E-state index in [1.165, 1.54) is 43.9 Å². The fourth-order valence-electron chi connectivity index (χ4n) is 6.13. The van der Waals surface area contributed by atoms with Crippen LogP contribution in [0.1, 0.15) is 64.7 Å². The standard InChI is InChI=1S/C23H38O4S/c1-2-15-3-4-16(9-15)11-19(24)5-6-20-21-12-17(7-8-28-14-23(26)27)10-18(21)13-22(20)25/h5-6,15-22,24-25H,2-4,7-14H2,1H3,(H,26,27)/t15-,16-,17?,18-,19?,20+,21-,22+/m1/s1. The molecule has 0 spiro atoms. The molecule has 0 heterocycles. The topological polar surface area (TPSA) is 77.8 Å². The van der Waals surface area contributed by atoms with Crippen molar-refractivity contribution in [1.29, 1.82) is 0 Å². The SMILES string of the molecule is CC[C@@H]1CC[C@@H](CC(O)C=C[C@H]2[C@@H]3CC(CCSCC(=O)O)C[C@@H]3C[C@@H]2O)C1. The molecule has 3 N–H and O–H groups in total. The fourth-order valence-corrected chi connectivity index (χ4v) is 6.95. The third-order valence-electron chi connectivity index (χ3n) is 7.58. The second kappa shape index (κ2) is 10.5. The molecule has 3 rings (SSSR count). The number of aliphatic carboxylic acids is 1. The van der Waals surface area contributed by atoms with Gasteiger partial charge in [0.2, 0.25) is 0 Å². The van der Waals surface area contributed by atoms with Crippen LogP contribution in [0.4, 0.5) is 0 Å². The largest absolute Gasteiger partial charge is 0.481 e. The van der Waals surface area contributed by atoms with Gasteiger partial charge in [-0.3, -0.25) is 4.79 Å². The van der Waals surface area contributed by atoms with Gasteiger partial charge < -0.3 is 15.3 Å². The van der Waals surface area contributed by atoms with E-state index in [0.29, 0.717) is 23.7 Å². The number of carbonyl (C=O) groups is 1. The number of hydrogen-bond donors (Lipinski definition) is 3. The van der Waals surface area contributed by atoms with Crippen LogP contribution in [-0.4, -0.2) is 45.0 Å². The van der Waals surface area contributed by atoms with Crippen LogP contribution < -0.4 is 0 Å². The van der Waals surface area contributed by atoms with Crippen molar-refractivity contribution in [3.05, 3.63) is 12.2 Å². The zero-order valence-electron chi connectivity index (χ0n) is 17.2. The number of thioether (sulfide) groups is 1. The van der Waals surface area contributed by atoms with Crippen molar-refractivity contribution in [1.82, 2.24) is 0 Å². The lowest BCUT2D eigenvalue weighted by atomic mass is 9.89. The molecule has 160 valence electrons. The van der Waals surface area contributed by atoms with Crippen LogP contribution in [0.25, 0.3) is 0 Å². The van der Waals surface area contributed by atoms with Gasteiger partial charge in [0.15, 0.2) is 0 Å². The maximum atomic E-state index is 10.6. The minimum atomic E-state index is -0.733. The Balaban J connectivity index is 1.43. The van der Waals surface area contributed by atoms with Crippen molar-refractivity contribution in [3.63, 3.8) is 0 Å². The highest BCUT2D eigenvalue weighted by molar-refractivity contribution is 7.99. The highest BCUT2D eigenvalue weighted by Crippen LogP contribution is 2.51. The van der Waals surface area contributed by atoms with Gasteiger partial charge in [-0.25, -0.2) is 0 Å². The molecular formula is C23H38O4S. The van der Waals surface area contributed by atoms with Crippen molar-refractivity contribution in [3.8, 4) is 0 Å². The zero-order valence-corrected chi connectivity index (χ0v) is 18.0. The number of fused-ring (bicyclic) bond motifs is 1. The lowest BCUT2D eigenvalue weighted by molar-refractivity contribution is -0.133. The van der Waals surface area contributed by atoms with Crippen LogP contribution in [0.5, 0.6) is 0 Å². The summed E-state index contributed by atoms with van der Waals surface area (Å²) in [5, 5.41) is 29.7. The molecular weight excluding hydrogens is 372 g/mol. The van der Waals surface area contributed by atoms with Crippen molar-refractivity contribution in [2.75, 3.05) is 11.5 Å². The predicted octanol–water partition coefficient (Wildman–Crippen LogP) is 4.35. The average molecular weight is 411 g/mol. The third-order valence-corrected chi connectivity index (χ3v) is 8.56. The Morgan fingerprint density at radius 3 is 2.64 bits per heavy atom. The Morgan fingerprint density at radius 2 is 1.93 bits per heavy atom. The average Bonchev–Trinajstić information content (AvgIpc) is 3.32. The van der Waals surface area contributed by atoms with Crippen LogP contribution >= 0.6 is 11.8 Å². The highest BCUT2D eigenvalue weighted by atomic mass is 32.2. The van der Waals surface area contributed by atoms with Gasteiger partial charge in [-0.2, -0.15) is 11.8 Å². The second-order valence-electron chi connectivity index (χ2n) is 9.52. The lowest BCUT2D eigenvalue weighted by Crippen LogP contribution is -2.19. The molecule has 3 aliphatic rings. The van der Waals surface area contributed by atoms with Crippen molar-refractivity contribution in [2.24, 2.45) is 35.5 Å². The van der Waals surface area contributed by atoms with Crippen LogP contribution in [0, 0.1) is 35.5 Å². The van der Waals surface area contributed by atoms with Crippen molar-refractivity contribution < 1.29 is 20.1 Å². The minimum absolute atomic E-state index is 0.184. The maximum absolute atomic E-state index is 10.6. The molecule has 5 heteroatoms. The number of aliphatic hydroxyl groups is 2. The van der Waals surface area contributed by atoms with Crippen molar-refractivity contribution in [2.45, 2.75) is 76.9 Å². The fraction of sp³-hybridized carbons (Fsp3) is 0.870. The molecule has 8 atom stereocenters. The van der Waals surface area contributed by atoms with E-state index in [1.807, 2.05) is 6.08 Å². The Kier molecular flexibility index (Phi) is 8.31. The van der Waals surface area contributed by atoms with Crippen LogP contribution in [0.15, 0.2) is 12.2 Å². The van der Waals surface area contributed by atoms with E-state index < -0.39 is 5.97 Å². The quantitative estimate of drug-likeness (QED) is 0.369. The number of hydrogen-bond acceptors (Lipinski definition) is 4. The number of rotatable bonds is 10. The summed E-state index contributed by atoms with van der Waals surface area (Å²) in [6.45, 7) is 2.26. The normalized spacial score (nSPS) is 38.9. The van der Waals surface area contributed by atoms with E-state index in [1.54, 1.807) is 0 Å². The van der Waals surface area contributed by atoms with E-state index in [2.05, 4.69) is 13.0 Å². The monoisotopic (exact) mass is 410 g/mol. The van der Waals surface area contributed by atoms with E-state index >= 15 is 0 Å². The zero-order chi connectivity index (χ0) is 20.1. The maximum Gasteiger partial charge on any atom is 0.313 e. The Morgan fingerprint density at radius 1 is 1.14 bits per heavy atom. The predicted molar refractivity (Wildman–Crippen MR) is 114 cm³/mol. The first-order chi connectivity index (χ1) is 13.5. The molecule has 0 aromatic heterocycles. The molecule has 2 unspecified atom stereocenters. The van der Waals surface area contributed by atoms with Gasteiger partial charge in [0.05, 0.1) is 18.0 Å². The van der Waals surface area contributed by atoms with Gasteiger partial charge in [-0.15, -0.1) is 0 Å². The minimum Gasteiger partial charge on any atom is -0.481 e. The first-order valence-electron chi connectivity index (χ1n) is 11.3. The molecule has 0 saturated heterocycles. The number of carboxylic acid groups (broad SMARTS) is 1. The molecule has 0 aromatic carbocycles. The first-order valence-corrected chi connectivity index (χ1v) is 12.5. The summed E-state index contributed by atoms with van der Waals surface area (Å²) in [7, 11) is 0. The molecule has 3 aliphatic carbocycles. The molecule has 0 aromatic rings. The second-order valence-corrected chi connectivity index (χ2v) is 10.6. The molecule has 0 amide bonds. The van der Waals surface area contributed by atoms with Crippen molar-refractivity contribution >= 4 is 17.7 Å². The van der Waals surface area contributed by atoms with Gasteiger partial charge >= 0.3 is 5.97 Å². The molecule has 0 radical (unpaired) electrons. The van der Waals surface area contributed by atoms with E-state index in [4.69, 9.17) is 5.11 Å². The van der Waals surface area contributed by atoms with Gasteiger partial charge in [-0.05, 0) is 73.9 Å².